The summed E-state index contributed by atoms with van der Waals surface area (Å²) in [5, 5.41) is 20.4. The lowest BCUT2D eigenvalue weighted by atomic mass is 10.1. The Balaban J connectivity index is 2.18. The highest BCUT2D eigenvalue weighted by atomic mass is 79.9. The van der Waals surface area contributed by atoms with Crippen LogP contribution in [0.4, 0.5) is 0 Å². The number of fused-ring (bicyclic) bond motifs is 1. The molecular weight excluding hydrogens is 320 g/mol. The van der Waals surface area contributed by atoms with Crippen LogP contribution in [-0.4, -0.2) is 24.7 Å². The third-order valence-corrected chi connectivity index (χ3v) is 4.05. The Morgan fingerprint density at radius 1 is 1.35 bits per heavy atom. The van der Waals surface area contributed by atoms with Gasteiger partial charge < -0.3 is 5.11 Å². The van der Waals surface area contributed by atoms with Gasteiger partial charge in [-0.05, 0) is 28.9 Å². The second-order valence-electron chi connectivity index (χ2n) is 4.62. The lowest BCUT2D eigenvalue weighted by Gasteiger charge is -2.11. The van der Waals surface area contributed by atoms with Gasteiger partial charge in [0.2, 0.25) is 0 Å². The molecule has 1 unspecified atom stereocenters. The maximum Gasteiger partial charge on any atom is 0.141 e. The molecule has 104 valence electrons. The summed E-state index contributed by atoms with van der Waals surface area (Å²) in [7, 11) is 1.88. The van der Waals surface area contributed by atoms with E-state index in [1.165, 1.54) is 0 Å². The molecule has 6 heteroatoms. The number of hydrogen-bond donors (Lipinski definition) is 1. The molecule has 1 N–H and O–H groups in total. The Morgan fingerprint density at radius 2 is 2.10 bits per heavy atom. The van der Waals surface area contributed by atoms with Gasteiger partial charge >= 0.3 is 0 Å². The first-order chi connectivity index (χ1) is 9.63. The SMILES string of the molecule is CCn1ncc(Br)c1C(O)c1nn(C)c2ccccc12. The van der Waals surface area contributed by atoms with Crippen LogP contribution in [0.5, 0.6) is 0 Å². The van der Waals surface area contributed by atoms with Crippen LogP contribution >= 0.6 is 15.9 Å². The van der Waals surface area contributed by atoms with Gasteiger partial charge in [0.05, 0.1) is 21.9 Å². The number of hydrogen-bond acceptors (Lipinski definition) is 3. The topological polar surface area (TPSA) is 55.9 Å². The zero-order valence-electron chi connectivity index (χ0n) is 11.3. The van der Waals surface area contributed by atoms with Crippen LogP contribution in [0.1, 0.15) is 24.4 Å². The molecule has 3 rings (SSSR count). The Hall–Kier alpha value is -1.66. The summed E-state index contributed by atoms with van der Waals surface area (Å²) in [5.74, 6) is 0. The zero-order chi connectivity index (χ0) is 14.3. The van der Waals surface area contributed by atoms with Crippen LogP contribution in [0.2, 0.25) is 0 Å². The molecule has 0 saturated carbocycles. The summed E-state index contributed by atoms with van der Waals surface area (Å²) >= 11 is 3.45. The zero-order valence-corrected chi connectivity index (χ0v) is 12.9. The number of aromatic nitrogens is 4. The van der Waals surface area contributed by atoms with Crippen LogP contribution in [0.15, 0.2) is 34.9 Å². The number of aryl methyl sites for hydroxylation is 2. The molecule has 0 spiro atoms. The highest BCUT2D eigenvalue weighted by molar-refractivity contribution is 9.10. The predicted molar refractivity (Wildman–Crippen MR) is 80.4 cm³/mol. The van der Waals surface area contributed by atoms with E-state index in [-0.39, 0.29) is 0 Å². The van der Waals surface area contributed by atoms with Crippen LogP contribution in [-0.2, 0) is 13.6 Å². The number of rotatable bonds is 3. The monoisotopic (exact) mass is 334 g/mol. The van der Waals surface area contributed by atoms with Gasteiger partial charge in [-0.2, -0.15) is 10.2 Å². The molecule has 0 amide bonds. The second kappa shape index (κ2) is 5.03. The number of para-hydroxylation sites is 1. The number of benzene rings is 1. The number of halogens is 1. The molecule has 2 aromatic heterocycles. The maximum atomic E-state index is 10.7. The molecule has 0 aliphatic rings. The van der Waals surface area contributed by atoms with Crippen molar-refractivity contribution in [2.45, 2.75) is 19.6 Å². The van der Waals surface area contributed by atoms with Gasteiger partial charge in [0, 0.05) is 19.0 Å². The van der Waals surface area contributed by atoms with Gasteiger partial charge in [0.15, 0.2) is 0 Å². The molecule has 5 nitrogen and oxygen atoms in total. The van der Waals surface area contributed by atoms with Crippen molar-refractivity contribution in [3.8, 4) is 0 Å². The first-order valence-corrected chi connectivity index (χ1v) is 7.23. The Bertz CT molecular complexity index is 762. The minimum Gasteiger partial charge on any atom is -0.380 e. The average Bonchev–Trinajstić information content (AvgIpc) is 3.00. The highest BCUT2D eigenvalue weighted by Gasteiger charge is 2.24. The van der Waals surface area contributed by atoms with Crippen LogP contribution in [0.3, 0.4) is 0 Å². The van der Waals surface area contributed by atoms with E-state index in [9.17, 15) is 5.11 Å². The fourth-order valence-corrected chi connectivity index (χ4v) is 2.98. The van der Waals surface area contributed by atoms with Gasteiger partial charge in [-0.15, -0.1) is 0 Å². The predicted octanol–water partition coefficient (Wildman–Crippen LogP) is 2.63. The molecule has 0 bridgehead atoms. The van der Waals surface area contributed by atoms with Crippen molar-refractivity contribution in [1.82, 2.24) is 19.6 Å². The fraction of sp³-hybridized carbons (Fsp3) is 0.286. The number of aliphatic hydroxyl groups excluding tert-OH is 1. The van der Waals surface area contributed by atoms with E-state index in [1.54, 1.807) is 15.6 Å². The van der Waals surface area contributed by atoms with Crippen molar-refractivity contribution in [1.29, 1.82) is 0 Å². The van der Waals surface area contributed by atoms with Crippen molar-refractivity contribution < 1.29 is 5.11 Å². The van der Waals surface area contributed by atoms with E-state index < -0.39 is 6.10 Å². The van der Waals surface area contributed by atoms with E-state index in [0.29, 0.717) is 12.2 Å². The van der Waals surface area contributed by atoms with Crippen molar-refractivity contribution in [2.24, 2.45) is 7.05 Å². The summed E-state index contributed by atoms with van der Waals surface area (Å²) in [6, 6.07) is 7.88. The van der Waals surface area contributed by atoms with E-state index in [1.807, 2.05) is 38.2 Å². The van der Waals surface area contributed by atoms with Gasteiger partial charge in [0.25, 0.3) is 0 Å². The van der Waals surface area contributed by atoms with Crippen molar-refractivity contribution in [3.63, 3.8) is 0 Å². The Labute approximate surface area is 125 Å². The van der Waals surface area contributed by atoms with Crippen LogP contribution < -0.4 is 0 Å². The molecule has 0 radical (unpaired) electrons. The standard InChI is InChI=1S/C14H15BrN4O/c1-3-19-13(10(15)8-16-19)14(20)12-9-6-4-5-7-11(9)18(2)17-12/h4-8,14,20H,3H2,1-2H3. The van der Waals surface area contributed by atoms with E-state index >= 15 is 0 Å². The molecule has 0 fully saturated rings. The van der Waals surface area contributed by atoms with Gasteiger partial charge in [-0.1, -0.05) is 18.2 Å². The lowest BCUT2D eigenvalue weighted by Crippen LogP contribution is -2.10. The van der Waals surface area contributed by atoms with Crippen molar-refractivity contribution in [3.05, 3.63) is 46.3 Å². The quantitative estimate of drug-likeness (QED) is 0.801. The average molecular weight is 335 g/mol. The molecule has 1 aromatic carbocycles. The van der Waals surface area contributed by atoms with Crippen molar-refractivity contribution in [2.75, 3.05) is 0 Å². The summed E-state index contributed by atoms with van der Waals surface area (Å²) in [5.41, 5.74) is 2.38. The molecule has 3 aromatic rings. The van der Waals surface area contributed by atoms with E-state index in [0.717, 1.165) is 21.1 Å². The third kappa shape index (κ3) is 1.96. The Kier molecular flexibility index (Phi) is 3.35. The second-order valence-corrected chi connectivity index (χ2v) is 5.48. The number of aliphatic hydroxyl groups is 1. The Morgan fingerprint density at radius 3 is 2.85 bits per heavy atom. The summed E-state index contributed by atoms with van der Waals surface area (Å²) in [6.45, 7) is 2.69. The largest absolute Gasteiger partial charge is 0.380 e. The van der Waals surface area contributed by atoms with Crippen LogP contribution in [0.25, 0.3) is 10.9 Å². The van der Waals surface area contributed by atoms with Gasteiger partial charge in [0.1, 0.15) is 11.8 Å². The number of nitrogens with zero attached hydrogens (tertiary/aromatic N) is 4. The third-order valence-electron chi connectivity index (χ3n) is 3.44. The minimum absolute atomic E-state index is 0.652. The molecule has 0 aliphatic heterocycles. The molecule has 0 aliphatic carbocycles. The van der Waals surface area contributed by atoms with Gasteiger partial charge in [-0.3, -0.25) is 9.36 Å². The fourth-order valence-electron chi connectivity index (χ4n) is 2.47. The molecule has 1 atom stereocenters. The molecule has 20 heavy (non-hydrogen) atoms. The summed E-state index contributed by atoms with van der Waals surface area (Å²) in [4.78, 5) is 0. The maximum absolute atomic E-state index is 10.7. The molecule has 2 heterocycles. The van der Waals surface area contributed by atoms with E-state index in [2.05, 4.69) is 26.1 Å². The lowest BCUT2D eigenvalue weighted by molar-refractivity contribution is 0.203. The molecular formula is C14H15BrN4O. The summed E-state index contributed by atoms with van der Waals surface area (Å²) < 4.78 is 4.36. The summed E-state index contributed by atoms with van der Waals surface area (Å²) in [6.07, 6.45) is 0.894. The van der Waals surface area contributed by atoms with Crippen LogP contribution in [0, 0.1) is 0 Å². The van der Waals surface area contributed by atoms with Crippen molar-refractivity contribution >= 4 is 26.8 Å². The first kappa shape index (κ1) is 13.3. The smallest absolute Gasteiger partial charge is 0.141 e. The highest BCUT2D eigenvalue weighted by Crippen LogP contribution is 2.31. The van der Waals surface area contributed by atoms with E-state index in [4.69, 9.17) is 0 Å². The normalized spacial score (nSPS) is 13.0. The minimum atomic E-state index is -0.807. The van der Waals surface area contributed by atoms with Gasteiger partial charge in [-0.25, -0.2) is 0 Å². The first-order valence-electron chi connectivity index (χ1n) is 6.44. The molecule has 0 saturated heterocycles.